The van der Waals surface area contributed by atoms with Gasteiger partial charge in [-0.3, -0.25) is 4.79 Å². The summed E-state index contributed by atoms with van der Waals surface area (Å²) in [6, 6.07) is 4.37. The van der Waals surface area contributed by atoms with Crippen LogP contribution in [0, 0.1) is 0 Å². The second-order valence-electron chi connectivity index (χ2n) is 5.05. The molecule has 3 heterocycles. The van der Waals surface area contributed by atoms with Gasteiger partial charge in [0.25, 0.3) is 0 Å². The van der Waals surface area contributed by atoms with Gasteiger partial charge in [-0.1, -0.05) is 6.07 Å². The van der Waals surface area contributed by atoms with E-state index >= 15 is 0 Å². The number of nitrogens with zero attached hydrogens (tertiary/aromatic N) is 3. The third-order valence-electron chi connectivity index (χ3n) is 3.92. The van der Waals surface area contributed by atoms with Crippen LogP contribution in [0.5, 0.6) is 0 Å². The van der Waals surface area contributed by atoms with E-state index in [-0.39, 0.29) is 6.04 Å². The summed E-state index contributed by atoms with van der Waals surface area (Å²) in [5.74, 6) is 1.00. The first-order valence-corrected chi connectivity index (χ1v) is 6.88. The molecule has 2 aliphatic heterocycles. The van der Waals surface area contributed by atoms with Gasteiger partial charge in [0, 0.05) is 25.8 Å². The van der Waals surface area contributed by atoms with Crippen molar-refractivity contribution in [1.82, 2.24) is 9.88 Å². The van der Waals surface area contributed by atoms with Crippen molar-refractivity contribution in [2.75, 3.05) is 37.7 Å². The van der Waals surface area contributed by atoms with Crippen LogP contribution in [0.3, 0.4) is 0 Å². The molecule has 102 valence electrons. The Labute approximate surface area is 113 Å². The SMILES string of the molecule is O=CN1CCC[C@H]1c1ccc(N2CCOCC2)nc1. The van der Waals surface area contributed by atoms with Crippen LogP contribution in [0.1, 0.15) is 24.4 Å². The van der Waals surface area contributed by atoms with Gasteiger partial charge in [0.15, 0.2) is 0 Å². The summed E-state index contributed by atoms with van der Waals surface area (Å²) < 4.78 is 5.34. The maximum absolute atomic E-state index is 11.0. The van der Waals surface area contributed by atoms with E-state index in [1.54, 1.807) is 0 Å². The number of carbonyl (C=O) groups excluding carboxylic acids is 1. The summed E-state index contributed by atoms with van der Waals surface area (Å²) in [4.78, 5) is 19.6. The molecule has 5 nitrogen and oxygen atoms in total. The van der Waals surface area contributed by atoms with Crippen molar-refractivity contribution >= 4 is 12.2 Å². The summed E-state index contributed by atoms with van der Waals surface area (Å²) >= 11 is 0. The molecule has 3 rings (SSSR count). The first-order chi connectivity index (χ1) is 9.38. The molecule has 0 bridgehead atoms. The van der Waals surface area contributed by atoms with E-state index in [0.717, 1.165) is 63.5 Å². The van der Waals surface area contributed by atoms with Crippen LogP contribution in [-0.2, 0) is 9.53 Å². The lowest BCUT2D eigenvalue weighted by Gasteiger charge is -2.28. The predicted octanol–water partition coefficient (Wildman–Crippen LogP) is 1.21. The fourth-order valence-corrected chi connectivity index (χ4v) is 2.85. The molecule has 2 saturated heterocycles. The normalized spacial score (nSPS) is 23.7. The van der Waals surface area contributed by atoms with E-state index in [4.69, 9.17) is 4.74 Å². The second-order valence-corrected chi connectivity index (χ2v) is 5.05. The number of morpholine rings is 1. The van der Waals surface area contributed by atoms with E-state index in [1.165, 1.54) is 0 Å². The first-order valence-electron chi connectivity index (χ1n) is 6.88. The van der Waals surface area contributed by atoms with Crippen molar-refractivity contribution in [2.24, 2.45) is 0 Å². The number of anilines is 1. The number of hydrogen-bond donors (Lipinski definition) is 0. The van der Waals surface area contributed by atoms with Crippen LogP contribution < -0.4 is 4.90 Å². The molecule has 0 N–H and O–H groups in total. The van der Waals surface area contributed by atoms with Crippen LogP contribution in [0.25, 0.3) is 0 Å². The molecular formula is C14H19N3O2. The van der Waals surface area contributed by atoms with Crippen molar-refractivity contribution < 1.29 is 9.53 Å². The number of hydrogen-bond acceptors (Lipinski definition) is 4. The largest absolute Gasteiger partial charge is 0.378 e. The lowest BCUT2D eigenvalue weighted by atomic mass is 10.1. The Morgan fingerprint density at radius 2 is 2.11 bits per heavy atom. The van der Waals surface area contributed by atoms with E-state index in [2.05, 4.69) is 22.0 Å². The van der Waals surface area contributed by atoms with Gasteiger partial charge in [0.1, 0.15) is 5.82 Å². The number of ether oxygens (including phenoxy) is 1. The highest BCUT2D eigenvalue weighted by atomic mass is 16.5. The Hall–Kier alpha value is -1.62. The smallest absolute Gasteiger partial charge is 0.210 e. The number of rotatable bonds is 3. The molecule has 1 amide bonds. The second kappa shape index (κ2) is 5.57. The fourth-order valence-electron chi connectivity index (χ4n) is 2.85. The van der Waals surface area contributed by atoms with E-state index in [1.807, 2.05) is 11.1 Å². The van der Waals surface area contributed by atoms with Crippen LogP contribution >= 0.6 is 0 Å². The van der Waals surface area contributed by atoms with Crippen molar-refractivity contribution in [1.29, 1.82) is 0 Å². The zero-order chi connectivity index (χ0) is 13.1. The number of aromatic nitrogens is 1. The van der Waals surface area contributed by atoms with Gasteiger partial charge in [-0.2, -0.15) is 0 Å². The molecule has 0 aliphatic carbocycles. The molecule has 2 fully saturated rings. The first kappa shape index (κ1) is 12.4. The standard InChI is InChI=1S/C14H19N3O2/c18-11-17-5-1-2-13(17)12-3-4-14(15-10-12)16-6-8-19-9-7-16/h3-4,10-11,13H,1-2,5-9H2/t13-/m0/s1. The average molecular weight is 261 g/mol. The highest BCUT2D eigenvalue weighted by Gasteiger charge is 2.25. The molecule has 0 spiro atoms. The van der Waals surface area contributed by atoms with Crippen molar-refractivity contribution in [3.05, 3.63) is 23.9 Å². The maximum Gasteiger partial charge on any atom is 0.210 e. The van der Waals surface area contributed by atoms with E-state index in [9.17, 15) is 4.79 Å². The molecule has 19 heavy (non-hydrogen) atoms. The molecule has 1 aromatic heterocycles. The Morgan fingerprint density at radius 3 is 2.79 bits per heavy atom. The van der Waals surface area contributed by atoms with Crippen molar-refractivity contribution in [3.63, 3.8) is 0 Å². The summed E-state index contributed by atoms with van der Waals surface area (Å²) in [6.07, 6.45) is 4.98. The van der Waals surface area contributed by atoms with Crippen LogP contribution in [0.15, 0.2) is 18.3 Å². The minimum absolute atomic E-state index is 0.212. The number of carbonyl (C=O) groups is 1. The Morgan fingerprint density at radius 1 is 1.26 bits per heavy atom. The topological polar surface area (TPSA) is 45.7 Å². The van der Waals surface area contributed by atoms with Gasteiger partial charge in [-0.05, 0) is 24.5 Å². The van der Waals surface area contributed by atoms with Crippen LogP contribution in [0.2, 0.25) is 0 Å². The van der Waals surface area contributed by atoms with Gasteiger partial charge in [-0.25, -0.2) is 4.98 Å². The Kier molecular flexibility index (Phi) is 3.64. The predicted molar refractivity (Wildman–Crippen MR) is 72.0 cm³/mol. The Balaban J connectivity index is 1.73. The molecule has 1 atom stereocenters. The van der Waals surface area contributed by atoms with Crippen molar-refractivity contribution in [3.8, 4) is 0 Å². The molecule has 0 aromatic carbocycles. The monoisotopic (exact) mass is 261 g/mol. The zero-order valence-corrected chi connectivity index (χ0v) is 11.0. The number of pyridine rings is 1. The van der Waals surface area contributed by atoms with E-state index < -0.39 is 0 Å². The maximum atomic E-state index is 11.0. The molecule has 0 radical (unpaired) electrons. The van der Waals surface area contributed by atoms with Crippen molar-refractivity contribution in [2.45, 2.75) is 18.9 Å². The van der Waals surface area contributed by atoms with Crippen LogP contribution in [0.4, 0.5) is 5.82 Å². The fraction of sp³-hybridized carbons (Fsp3) is 0.571. The number of likely N-dealkylation sites (tertiary alicyclic amines) is 1. The van der Waals surface area contributed by atoms with Crippen LogP contribution in [-0.4, -0.2) is 49.1 Å². The third kappa shape index (κ3) is 2.56. The lowest BCUT2D eigenvalue weighted by molar-refractivity contribution is -0.118. The van der Waals surface area contributed by atoms with Gasteiger partial charge in [0.05, 0.1) is 19.3 Å². The minimum Gasteiger partial charge on any atom is -0.378 e. The highest BCUT2D eigenvalue weighted by Crippen LogP contribution is 2.30. The molecule has 1 aromatic rings. The lowest BCUT2D eigenvalue weighted by Crippen LogP contribution is -2.36. The average Bonchev–Trinajstić information content (AvgIpc) is 2.97. The van der Waals surface area contributed by atoms with E-state index in [0.29, 0.717) is 0 Å². The van der Waals surface area contributed by atoms with Gasteiger partial charge in [-0.15, -0.1) is 0 Å². The highest BCUT2D eigenvalue weighted by molar-refractivity contribution is 5.50. The Bertz CT molecular complexity index is 429. The summed E-state index contributed by atoms with van der Waals surface area (Å²) in [6.45, 7) is 4.20. The zero-order valence-electron chi connectivity index (χ0n) is 11.0. The summed E-state index contributed by atoms with van der Waals surface area (Å²) in [5, 5.41) is 0. The summed E-state index contributed by atoms with van der Waals surface area (Å²) in [7, 11) is 0. The van der Waals surface area contributed by atoms with Gasteiger partial charge in [0.2, 0.25) is 6.41 Å². The molecule has 0 saturated carbocycles. The quantitative estimate of drug-likeness (QED) is 0.767. The number of amides is 1. The summed E-state index contributed by atoms with van der Waals surface area (Å²) in [5.41, 5.74) is 1.14. The molecular weight excluding hydrogens is 242 g/mol. The molecule has 5 heteroatoms. The third-order valence-corrected chi connectivity index (χ3v) is 3.92. The molecule has 2 aliphatic rings. The van der Waals surface area contributed by atoms with Gasteiger partial charge >= 0.3 is 0 Å². The van der Waals surface area contributed by atoms with Gasteiger partial charge < -0.3 is 14.5 Å². The molecule has 0 unspecified atom stereocenters. The minimum atomic E-state index is 0.212.